The number of amides is 2. The lowest BCUT2D eigenvalue weighted by atomic mass is 9.95. The van der Waals surface area contributed by atoms with Gasteiger partial charge in [-0.3, -0.25) is 4.79 Å². The predicted octanol–water partition coefficient (Wildman–Crippen LogP) is 1.88. The quantitative estimate of drug-likeness (QED) is 0.401. The first-order chi connectivity index (χ1) is 18.3. The normalized spacial score (nSPS) is 18.4. The summed E-state index contributed by atoms with van der Waals surface area (Å²) in [4.78, 5) is 31.2. The average Bonchev–Trinajstić information content (AvgIpc) is 3.34. The van der Waals surface area contributed by atoms with Gasteiger partial charge < -0.3 is 24.8 Å². The molecule has 3 aromatic rings. The number of nitrogens with one attached hydrogen (secondary N) is 1. The number of hydrogen-bond donors (Lipinski definition) is 2. The second-order valence-electron chi connectivity index (χ2n) is 9.21. The number of hydrogen-bond acceptors (Lipinski definition) is 7. The Labute approximate surface area is 218 Å². The Morgan fingerprint density at radius 3 is 2.89 bits per heavy atom. The topological polar surface area (TPSA) is 119 Å². The van der Waals surface area contributed by atoms with Crippen molar-refractivity contribution in [3.05, 3.63) is 71.6 Å². The summed E-state index contributed by atoms with van der Waals surface area (Å²) in [5, 5.41) is 17.3. The highest BCUT2D eigenvalue weighted by Gasteiger charge is 2.31. The van der Waals surface area contributed by atoms with Crippen molar-refractivity contribution in [3.8, 4) is 17.6 Å². The van der Waals surface area contributed by atoms with Crippen LogP contribution in [0.5, 0.6) is 5.75 Å². The van der Waals surface area contributed by atoms with E-state index in [9.17, 15) is 19.1 Å². The van der Waals surface area contributed by atoms with E-state index >= 15 is 0 Å². The molecule has 0 unspecified atom stereocenters. The van der Waals surface area contributed by atoms with E-state index < -0.39 is 23.6 Å². The summed E-state index contributed by atoms with van der Waals surface area (Å²) >= 11 is 0. The molecule has 1 aromatic carbocycles. The number of benzene rings is 1. The Kier molecular flexibility index (Phi) is 7.09. The number of anilines is 1. The van der Waals surface area contributed by atoms with Crippen LogP contribution in [0.1, 0.15) is 29.7 Å². The van der Waals surface area contributed by atoms with Gasteiger partial charge in [-0.15, -0.1) is 0 Å². The Bertz CT molecular complexity index is 1420. The fourth-order valence-electron chi connectivity index (χ4n) is 4.24. The zero-order valence-corrected chi connectivity index (χ0v) is 20.7. The summed E-state index contributed by atoms with van der Waals surface area (Å²) < 4.78 is 25.6. The van der Waals surface area contributed by atoms with Crippen molar-refractivity contribution in [2.45, 2.75) is 30.9 Å². The molecule has 2 amide bonds. The van der Waals surface area contributed by atoms with Gasteiger partial charge in [-0.1, -0.05) is 17.9 Å². The molecule has 2 aliphatic rings. The molecule has 1 saturated heterocycles. The van der Waals surface area contributed by atoms with Crippen LogP contribution in [0.3, 0.4) is 0 Å². The summed E-state index contributed by atoms with van der Waals surface area (Å²) in [7, 11) is 1.59. The molecule has 11 heteroatoms. The Morgan fingerprint density at radius 1 is 1.29 bits per heavy atom. The van der Waals surface area contributed by atoms with Crippen LogP contribution in [0.4, 0.5) is 14.9 Å². The highest BCUT2D eigenvalue weighted by molar-refractivity contribution is 6.00. The zero-order chi connectivity index (χ0) is 26.7. The van der Waals surface area contributed by atoms with E-state index in [1.807, 2.05) is 0 Å². The number of nitrogens with zero attached hydrogens (tertiary/aromatic N) is 4. The third-order valence-corrected chi connectivity index (χ3v) is 6.41. The SMILES string of the molecule is CN1C(=O)[C@H](NC(=O)n2cc(Cc3cccc(F)n3)cn2)COc2ccc(C#CC3(O)CCOCC3)cc21. The minimum absolute atomic E-state index is 0.0754. The van der Waals surface area contributed by atoms with Crippen LogP contribution >= 0.6 is 0 Å². The first kappa shape index (κ1) is 25.4. The van der Waals surface area contributed by atoms with Crippen molar-refractivity contribution in [3.63, 3.8) is 0 Å². The molecule has 1 fully saturated rings. The van der Waals surface area contributed by atoms with Gasteiger partial charge in [0.2, 0.25) is 5.95 Å². The van der Waals surface area contributed by atoms with Gasteiger partial charge in [-0.05, 0) is 35.9 Å². The number of halogens is 1. The number of rotatable bonds is 3. The van der Waals surface area contributed by atoms with Crippen molar-refractivity contribution in [1.29, 1.82) is 0 Å². The fraction of sp³-hybridized carbons (Fsp3) is 0.333. The highest BCUT2D eigenvalue weighted by Crippen LogP contribution is 2.31. The third kappa shape index (κ3) is 5.66. The molecule has 1 atom stereocenters. The van der Waals surface area contributed by atoms with E-state index in [-0.39, 0.29) is 12.5 Å². The summed E-state index contributed by atoms with van der Waals surface area (Å²) in [6.45, 7) is 0.837. The molecule has 0 spiro atoms. The lowest BCUT2D eigenvalue weighted by Crippen LogP contribution is -2.50. The van der Waals surface area contributed by atoms with Crippen LogP contribution in [0.25, 0.3) is 0 Å². The van der Waals surface area contributed by atoms with Crippen LogP contribution in [0.15, 0.2) is 48.8 Å². The molecule has 0 aliphatic carbocycles. The van der Waals surface area contributed by atoms with Crippen LogP contribution in [-0.4, -0.2) is 70.3 Å². The minimum atomic E-state index is -1.10. The highest BCUT2D eigenvalue weighted by atomic mass is 19.1. The maximum absolute atomic E-state index is 13.4. The number of aliphatic hydroxyl groups is 1. The van der Waals surface area contributed by atoms with Crippen LogP contribution in [0, 0.1) is 17.8 Å². The van der Waals surface area contributed by atoms with Gasteiger partial charge >= 0.3 is 6.03 Å². The van der Waals surface area contributed by atoms with Crippen LogP contribution < -0.4 is 15.0 Å². The molecule has 0 bridgehead atoms. The van der Waals surface area contributed by atoms with Crippen molar-refractivity contribution < 1.29 is 28.6 Å². The Balaban J connectivity index is 1.26. The number of carbonyl (C=O) groups is 2. The van der Waals surface area contributed by atoms with Gasteiger partial charge in [0.25, 0.3) is 5.91 Å². The van der Waals surface area contributed by atoms with E-state index in [1.165, 1.54) is 23.4 Å². The molecule has 2 aromatic heterocycles. The van der Waals surface area contributed by atoms with Gasteiger partial charge in [-0.25, -0.2) is 9.78 Å². The van der Waals surface area contributed by atoms with Crippen LogP contribution in [0.2, 0.25) is 0 Å². The Morgan fingerprint density at radius 2 is 2.11 bits per heavy atom. The molecule has 10 nitrogen and oxygen atoms in total. The smallest absolute Gasteiger partial charge is 0.342 e. The number of aromatic nitrogens is 3. The van der Waals surface area contributed by atoms with Gasteiger partial charge in [0.05, 0.1) is 25.1 Å². The van der Waals surface area contributed by atoms with Crippen molar-refractivity contribution in [2.75, 3.05) is 31.8 Å². The van der Waals surface area contributed by atoms with Crippen molar-refractivity contribution in [1.82, 2.24) is 20.1 Å². The summed E-state index contributed by atoms with van der Waals surface area (Å²) in [5.74, 6) is 5.43. The lowest BCUT2D eigenvalue weighted by molar-refractivity contribution is -0.120. The molecule has 5 rings (SSSR count). The van der Waals surface area contributed by atoms with Crippen LogP contribution in [-0.2, 0) is 16.0 Å². The second kappa shape index (κ2) is 10.6. The third-order valence-electron chi connectivity index (χ3n) is 6.41. The first-order valence-corrected chi connectivity index (χ1v) is 12.1. The summed E-state index contributed by atoms with van der Waals surface area (Å²) in [6.07, 6.45) is 4.16. The number of carbonyl (C=O) groups excluding carboxylic acids is 2. The maximum Gasteiger partial charge on any atom is 0.342 e. The number of pyridine rings is 1. The molecular weight excluding hydrogens is 493 g/mol. The van der Waals surface area contributed by atoms with E-state index in [0.717, 1.165) is 4.68 Å². The van der Waals surface area contributed by atoms with E-state index in [0.29, 0.717) is 60.7 Å². The monoisotopic (exact) mass is 519 g/mol. The molecule has 196 valence electrons. The maximum atomic E-state index is 13.4. The standard InChI is InChI=1S/C27H26FN5O5/c1-32-22-14-18(7-8-27(36)9-11-37-12-10-27)5-6-23(22)38-17-21(25(32)34)31-26(35)33-16-19(15-29-33)13-20-3-2-4-24(28)30-20/h2-6,14-16,21,36H,9-13,17H2,1H3,(H,31,35)/t21-/m1/s1. The number of fused-ring (bicyclic) bond motifs is 1. The van der Waals surface area contributed by atoms with Gasteiger partial charge in [0.15, 0.2) is 0 Å². The molecule has 2 N–H and O–H groups in total. The number of ether oxygens (including phenoxy) is 2. The Hall–Kier alpha value is -4.27. The largest absolute Gasteiger partial charge is 0.489 e. The van der Waals surface area contributed by atoms with Crippen molar-refractivity contribution >= 4 is 17.6 Å². The fourth-order valence-corrected chi connectivity index (χ4v) is 4.24. The average molecular weight is 520 g/mol. The molecule has 4 heterocycles. The summed E-state index contributed by atoms with van der Waals surface area (Å²) in [6, 6.07) is 8.11. The van der Waals surface area contributed by atoms with E-state index in [1.54, 1.807) is 37.4 Å². The molecule has 0 radical (unpaired) electrons. The van der Waals surface area contributed by atoms with E-state index in [4.69, 9.17) is 9.47 Å². The lowest BCUT2D eigenvalue weighted by Gasteiger charge is -2.26. The molecule has 2 aliphatic heterocycles. The van der Waals surface area contributed by atoms with Gasteiger partial charge in [-0.2, -0.15) is 14.2 Å². The van der Waals surface area contributed by atoms with E-state index in [2.05, 4.69) is 27.2 Å². The van der Waals surface area contributed by atoms with Gasteiger partial charge in [0, 0.05) is 43.8 Å². The number of likely N-dealkylation sites (N-methyl/N-ethyl adjacent to an activating group) is 1. The second-order valence-corrected chi connectivity index (χ2v) is 9.21. The first-order valence-electron chi connectivity index (χ1n) is 12.1. The summed E-state index contributed by atoms with van der Waals surface area (Å²) in [5.41, 5.74) is 1.18. The molecule has 0 saturated carbocycles. The molecular formula is C27H26FN5O5. The predicted molar refractivity (Wildman–Crippen MR) is 134 cm³/mol. The zero-order valence-electron chi connectivity index (χ0n) is 20.7. The minimum Gasteiger partial charge on any atom is -0.489 e. The van der Waals surface area contributed by atoms with Crippen molar-refractivity contribution in [2.24, 2.45) is 0 Å². The molecule has 38 heavy (non-hydrogen) atoms. The van der Waals surface area contributed by atoms with Gasteiger partial charge in [0.1, 0.15) is 24.0 Å².